The maximum Gasteiger partial charge on any atom is 0.0961 e. The summed E-state index contributed by atoms with van der Waals surface area (Å²) in [6.45, 7) is 5.06. The molecule has 0 spiro atoms. The summed E-state index contributed by atoms with van der Waals surface area (Å²) in [5.74, 6) is 2.54. The van der Waals surface area contributed by atoms with Crippen molar-refractivity contribution in [3.8, 4) is 12.3 Å². The van der Waals surface area contributed by atoms with E-state index in [0.717, 1.165) is 0 Å². The van der Waals surface area contributed by atoms with Crippen LogP contribution in [-0.2, 0) is 4.74 Å². The summed E-state index contributed by atoms with van der Waals surface area (Å²) < 4.78 is 5.25. The highest BCUT2D eigenvalue weighted by Gasteiger charge is 2.47. The van der Waals surface area contributed by atoms with Gasteiger partial charge >= 0.3 is 0 Å². The Balaban J connectivity index is 2.64. The van der Waals surface area contributed by atoms with Crippen molar-refractivity contribution in [2.75, 3.05) is 13.2 Å². The SMILES string of the molecule is C#CCCC1(O)COCC1(C)C. The molecule has 2 nitrogen and oxygen atoms in total. The second kappa shape index (κ2) is 3.08. The Morgan fingerprint density at radius 1 is 1.50 bits per heavy atom. The van der Waals surface area contributed by atoms with Crippen LogP contribution in [0.4, 0.5) is 0 Å². The van der Waals surface area contributed by atoms with Crippen LogP contribution in [0.2, 0.25) is 0 Å². The van der Waals surface area contributed by atoms with E-state index in [1.54, 1.807) is 0 Å². The second-order valence-electron chi connectivity index (χ2n) is 4.11. The average Bonchev–Trinajstić information content (AvgIpc) is 2.24. The predicted molar refractivity (Wildman–Crippen MR) is 47.6 cm³/mol. The van der Waals surface area contributed by atoms with Crippen LogP contribution < -0.4 is 0 Å². The van der Waals surface area contributed by atoms with Crippen LogP contribution in [-0.4, -0.2) is 23.9 Å². The lowest BCUT2D eigenvalue weighted by molar-refractivity contribution is -0.0383. The van der Waals surface area contributed by atoms with E-state index in [-0.39, 0.29) is 5.41 Å². The van der Waals surface area contributed by atoms with E-state index in [2.05, 4.69) is 5.92 Å². The van der Waals surface area contributed by atoms with Crippen LogP contribution in [0.5, 0.6) is 0 Å². The molecule has 1 saturated heterocycles. The lowest BCUT2D eigenvalue weighted by atomic mass is 9.75. The minimum absolute atomic E-state index is 0.163. The molecule has 2 heteroatoms. The third kappa shape index (κ3) is 1.48. The van der Waals surface area contributed by atoms with Gasteiger partial charge in [-0.25, -0.2) is 0 Å². The lowest BCUT2D eigenvalue weighted by Gasteiger charge is -2.33. The van der Waals surface area contributed by atoms with E-state index in [0.29, 0.717) is 26.1 Å². The molecule has 0 amide bonds. The molecule has 68 valence electrons. The molecule has 0 bridgehead atoms. The zero-order chi connectivity index (χ0) is 9.24. The molecule has 1 atom stereocenters. The Hall–Kier alpha value is -0.520. The molecule has 1 fully saturated rings. The Morgan fingerprint density at radius 2 is 2.17 bits per heavy atom. The monoisotopic (exact) mass is 168 g/mol. The van der Waals surface area contributed by atoms with Gasteiger partial charge in [0.2, 0.25) is 0 Å². The highest BCUT2D eigenvalue weighted by molar-refractivity contribution is 5.00. The van der Waals surface area contributed by atoms with Gasteiger partial charge in [-0.1, -0.05) is 13.8 Å². The van der Waals surface area contributed by atoms with E-state index >= 15 is 0 Å². The maximum atomic E-state index is 10.1. The Morgan fingerprint density at radius 3 is 2.58 bits per heavy atom. The third-order valence-electron chi connectivity index (χ3n) is 2.75. The Labute approximate surface area is 73.9 Å². The van der Waals surface area contributed by atoms with Gasteiger partial charge in [0, 0.05) is 11.8 Å². The summed E-state index contributed by atoms with van der Waals surface area (Å²) >= 11 is 0. The van der Waals surface area contributed by atoms with Gasteiger partial charge in [0.15, 0.2) is 0 Å². The predicted octanol–water partition coefficient (Wildman–Crippen LogP) is 1.19. The molecule has 0 aromatic heterocycles. The van der Waals surface area contributed by atoms with E-state index in [1.165, 1.54) is 0 Å². The smallest absolute Gasteiger partial charge is 0.0961 e. The van der Waals surface area contributed by atoms with Gasteiger partial charge in [-0.3, -0.25) is 0 Å². The summed E-state index contributed by atoms with van der Waals surface area (Å²) in [7, 11) is 0. The summed E-state index contributed by atoms with van der Waals surface area (Å²) in [4.78, 5) is 0. The molecular formula is C10H16O2. The quantitative estimate of drug-likeness (QED) is 0.627. The minimum atomic E-state index is -0.723. The van der Waals surface area contributed by atoms with Crippen LogP contribution in [0.15, 0.2) is 0 Å². The molecule has 1 aliphatic rings. The molecule has 0 saturated carbocycles. The minimum Gasteiger partial charge on any atom is -0.387 e. The van der Waals surface area contributed by atoms with Crippen LogP contribution in [0.25, 0.3) is 0 Å². The number of hydrogen-bond acceptors (Lipinski definition) is 2. The topological polar surface area (TPSA) is 29.5 Å². The van der Waals surface area contributed by atoms with Crippen LogP contribution in [0.1, 0.15) is 26.7 Å². The van der Waals surface area contributed by atoms with Crippen molar-refractivity contribution in [1.82, 2.24) is 0 Å². The summed E-state index contributed by atoms with van der Waals surface area (Å²) in [6, 6.07) is 0. The first-order valence-corrected chi connectivity index (χ1v) is 4.25. The molecule has 0 aliphatic carbocycles. The first-order chi connectivity index (χ1) is 5.52. The van der Waals surface area contributed by atoms with Gasteiger partial charge in [-0.2, -0.15) is 0 Å². The number of aliphatic hydroxyl groups is 1. The third-order valence-corrected chi connectivity index (χ3v) is 2.75. The van der Waals surface area contributed by atoms with E-state index in [4.69, 9.17) is 11.2 Å². The van der Waals surface area contributed by atoms with Crippen molar-refractivity contribution >= 4 is 0 Å². The van der Waals surface area contributed by atoms with Crippen molar-refractivity contribution < 1.29 is 9.84 Å². The number of hydrogen-bond donors (Lipinski definition) is 1. The standard InChI is InChI=1S/C10H16O2/c1-4-5-6-10(11)8-12-7-9(10,2)3/h1,11H,5-8H2,2-3H3. The fourth-order valence-electron chi connectivity index (χ4n) is 1.49. The molecule has 0 aromatic rings. The summed E-state index contributed by atoms with van der Waals surface area (Å²) in [5, 5.41) is 10.1. The largest absolute Gasteiger partial charge is 0.387 e. The van der Waals surface area contributed by atoms with Gasteiger partial charge in [0.25, 0.3) is 0 Å². The van der Waals surface area contributed by atoms with Gasteiger partial charge < -0.3 is 9.84 Å². The summed E-state index contributed by atoms with van der Waals surface area (Å²) in [6.07, 6.45) is 6.40. The van der Waals surface area contributed by atoms with Crippen LogP contribution in [0, 0.1) is 17.8 Å². The Kier molecular flexibility index (Phi) is 2.46. The van der Waals surface area contributed by atoms with Gasteiger partial charge in [-0.05, 0) is 6.42 Å². The van der Waals surface area contributed by atoms with Crippen molar-refractivity contribution in [3.05, 3.63) is 0 Å². The molecule has 1 N–H and O–H groups in total. The normalized spacial score (nSPS) is 33.2. The van der Waals surface area contributed by atoms with Crippen molar-refractivity contribution in [2.24, 2.45) is 5.41 Å². The average molecular weight is 168 g/mol. The maximum absolute atomic E-state index is 10.1. The first kappa shape index (κ1) is 9.57. The first-order valence-electron chi connectivity index (χ1n) is 4.25. The molecule has 1 aliphatic heterocycles. The number of rotatable bonds is 2. The van der Waals surface area contributed by atoms with E-state index in [9.17, 15) is 5.11 Å². The molecular weight excluding hydrogens is 152 g/mol. The number of terminal acetylenes is 1. The lowest BCUT2D eigenvalue weighted by Crippen LogP contribution is -2.43. The molecule has 1 rings (SSSR count). The van der Waals surface area contributed by atoms with Crippen LogP contribution >= 0.6 is 0 Å². The highest BCUT2D eigenvalue weighted by atomic mass is 16.5. The second-order valence-corrected chi connectivity index (χ2v) is 4.11. The van der Waals surface area contributed by atoms with Crippen molar-refractivity contribution in [2.45, 2.75) is 32.3 Å². The fourth-order valence-corrected chi connectivity index (χ4v) is 1.49. The number of ether oxygens (including phenoxy) is 1. The van der Waals surface area contributed by atoms with Crippen LogP contribution in [0.3, 0.4) is 0 Å². The zero-order valence-electron chi connectivity index (χ0n) is 7.76. The van der Waals surface area contributed by atoms with Gasteiger partial charge in [0.1, 0.15) is 0 Å². The van der Waals surface area contributed by atoms with Crippen molar-refractivity contribution in [3.63, 3.8) is 0 Å². The zero-order valence-corrected chi connectivity index (χ0v) is 7.76. The fraction of sp³-hybridized carbons (Fsp3) is 0.800. The molecule has 1 unspecified atom stereocenters. The van der Waals surface area contributed by atoms with E-state index in [1.807, 2.05) is 13.8 Å². The molecule has 0 aromatic carbocycles. The highest BCUT2D eigenvalue weighted by Crippen LogP contribution is 2.40. The van der Waals surface area contributed by atoms with Crippen molar-refractivity contribution in [1.29, 1.82) is 0 Å². The molecule has 1 heterocycles. The molecule has 0 radical (unpaired) electrons. The van der Waals surface area contributed by atoms with Gasteiger partial charge in [-0.15, -0.1) is 12.3 Å². The van der Waals surface area contributed by atoms with E-state index < -0.39 is 5.60 Å². The molecule has 12 heavy (non-hydrogen) atoms. The summed E-state index contributed by atoms with van der Waals surface area (Å²) in [5.41, 5.74) is -0.886. The Bertz CT molecular complexity index is 202. The van der Waals surface area contributed by atoms with Gasteiger partial charge in [0.05, 0.1) is 18.8 Å².